The van der Waals surface area contributed by atoms with Crippen LogP contribution in [0.2, 0.25) is 0 Å². The van der Waals surface area contributed by atoms with E-state index in [0.29, 0.717) is 11.8 Å². The number of aromatic hydroxyl groups is 1. The predicted octanol–water partition coefficient (Wildman–Crippen LogP) is 3.10. The molecule has 0 atom stereocenters. The summed E-state index contributed by atoms with van der Waals surface area (Å²) in [4.78, 5) is 5.79. The summed E-state index contributed by atoms with van der Waals surface area (Å²) in [5.41, 5.74) is 0.879. The lowest BCUT2D eigenvalue weighted by molar-refractivity contribution is 0.373. The first-order valence-electron chi connectivity index (χ1n) is 7.62. The van der Waals surface area contributed by atoms with E-state index in [9.17, 15) is 5.11 Å². The second kappa shape index (κ2) is 6.52. The molecule has 0 bridgehead atoms. The van der Waals surface area contributed by atoms with Crippen molar-refractivity contribution in [3.05, 3.63) is 23.0 Å². The van der Waals surface area contributed by atoms with Gasteiger partial charge in [-0.2, -0.15) is 5.10 Å². The molecule has 1 heterocycles. The molecule has 0 saturated heterocycles. The highest BCUT2D eigenvalue weighted by atomic mass is 32.1. The summed E-state index contributed by atoms with van der Waals surface area (Å²) in [6, 6.07) is 5.77. The van der Waals surface area contributed by atoms with E-state index in [1.807, 2.05) is 17.8 Å². The van der Waals surface area contributed by atoms with Crippen molar-refractivity contribution in [1.29, 1.82) is 0 Å². The summed E-state index contributed by atoms with van der Waals surface area (Å²) in [5.74, 6) is 0.598. The van der Waals surface area contributed by atoms with E-state index in [0.717, 1.165) is 15.4 Å². The summed E-state index contributed by atoms with van der Waals surface area (Å²) in [5, 5.41) is 15.3. The third-order valence-electron chi connectivity index (χ3n) is 4.00. The van der Waals surface area contributed by atoms with Crippen LogP contribution in [-0.4, -0.2) is 28.0 Å². The predicted molar refractivity (Wildman–Crippen MR) is 87.2 cm³/mol. The lowest BCUT2D eigenvalue weighted by Gasteiger charge is -2.16. The fourth-order valence-corrected chi connectivity index (χ4v) is 3.72. The number of aromatic nitrogens is 2. The smallest absolute Gasteiger partial charge is 0.203 e. The minimum atomic E-state index is 0.128. The van der Waals surface area contributed by atoms with E-state index in [4.69, 9.17) is 9.73 Å². The molecule has 1 fully saturated rings. The molecule has 0 radical (unpaired) electrons. The quantitative estimate of drug-likeness (QED) is 0.945. The molecule has 5 nitrogen and oxygen atoms in total. The molecule has 22 heavy (non-hydrogen) atoms. The fourth-order valence-electron chi connectivity index (χ4n) is 2.77. The van der Waals surface area contributed by atoms with Crippen molar-refractivity contribution in [2.45, 2.75) is 38.1 Å². The first-order valence-corrected chi connectivity index (χ1v) is 8.44. The van der Waals surface area contributed by atoms with E-state index in [1.165, 1.54) is 32.1 Å². The molecule has 1 aliphatic carbocycles. The largest absolute Gasteiger partial charge is 0.504 e. The van der Waals surface area contributed by atoms with Crippen LogP contribution in [0.15, 0.2) is 23.2 Å². The van der Waals surface area contributed by atoms with Crippen molar-refractivity contribution in [3.63, 3.8) is 0 Å². The minimum absolute atomic E-state index is 0.128. The Morgan fingerprint density at radius 3 is 2.77 bits per heavy atom. The van der Waals surface area contributed by atoms with Crippen LogP contribution in [-0.2, 0) is 7.05 Å². The molecule has 1 aromatic carbocycles. The van der Waals surface area contributed by atoms with Crippen molar-refractivity contribution in [3.8, 4) is 22.1 Å². The molecule has 2 aromatic rings. The number of nitrogens with zero attached hydrogens (tertiary/aromatic N) is 3. The van der Waals surface area contributed by atoms with Gasteiger partial charge in [-0.15, -0.1) is 0 Å². The van der Waals surface area contributed by atoms with Gasteiger partial charge in [0.05, 0.1) is 13.2 Å². The number of phenols is 1. The normalized spacial score (nSPS) is 16.9. The zero-order chi connectivity index (χ0) is 15.5. The molecular weight excluding hydrogens is 298 g/mol. The van der Waals surface area contributed by atoms with E-state index in [-0.39, 0.29) is 5.75 Å². The number of ether oxygens (including phenoxy) is 1. The lowest BCUT2D eigenvalue weighted by Crippen LogP contribution is -2.18. The van der Waals surface area contributed by atoms with Gasteiger partial charge in [0.15, 0.2) is 11.5 Å². The molecule has 6 heteroatoms. The average Bonchev–Trinajstić information content (AvgIpc) is 2.89. The number of hydrogen-bond donors (Lipinski definition) is 1. The SMILES string of the molecule is COc1ccc(-c2nn(C)/c(=N\C3CCCCC3)s2)cc1O. The molecular formula is C16H21N3O2S. The Labute approximate surface area is 133 Å². The second-order valence-corrected chi connectivity index (χ2v) is 6.58. The van der Waals surface area contributed by atoms with Crippen LogP contribution in [0.1, 0.15) is 32.1 Å². The van der Waals surface area contributed by atoms with Gasteiger partial charge >= 0.3 is 0 Å². The molecule has 0 aliphatic heterocycles. The fraction of sp³-hybridized carbons (Fsp3) is 0.500. The van der Waals surface area contributed by atoms with E-state index in [1.54, 1.807) is 30.6 Å². The van der Waals surface area contributed by atoms with Gasteiger partial charge in [0, 0.05) is 12.6 Å². The topological polar surface area (TPSA) is 59.6 Å². The van der Waals surface area contributed by atoms with E-state index < -0.39 is 0 Å². The first kappa shape index (κ1) is 15.1. The number of rotatable bonds is 3. The van der Waals surface area contributed by atoms with Crippen molar-refractivity contribution in [2.75, 3.05) is 7.11 Å². The van der Waals surface area contributed by atoms with Crippen LogP contribution in [0.4, 0.5) is 0 Å². The summed E-state index contributed by atoms with van der Waals surface area (Å²) >= 11 is 1.56. The maximum atomic E-state index is 9.91. The molecule has 1 saturated carbocycles. The van der Waals surface area contributed by atoms with Crippen molar-refractivity contribution in [1.82, 2.24) is 9.78 Å². The summed E-state index contributed by atoms with van der Waals surface area (Å²) in [6.45, 7) is 0. The van der Waals surface area contributed by atoms with Crippen LogP contribution in [0.25, 0.3) is 10.6 Å². The Bertz CT molecular complexity index is 714. The molecule has 3 rings (SSSR count). The summed E-state index contributed by atoms with van der Waals surface area (Å²) in [7, 11) is 3.46. The van der Waals surface area contributed by atoms with Crippen molar-refractivity contribution in [2.24, 2.45) is 12.0 Å². The number of phenolic OH excluding ortho intramolecular Hbond substituents is 1. The number of aryl methyl sites for hydroxylation is 1. The van der Waals surface area contributed by atoms with Crippen LogP contribution < -0.4 is 9.54 Å². The molecule has 1 N–H and O–H groups in total. The molecule has 118 valence electrons. The third kappa shape index (κ3) is 3.16. The Balaban J connectivity index is 1.91. The average molecular weight is 319 g/mol. The first-order chi connectivity index (χ1) is 10.7. The number of methoxy groups -OCH3 is 1. The number of benzene rings is 1. The highest BCUT2D eigenvalue weighted by Gasteiger charge is 2.13. The van der Waals surface area contributed by atoms with Crippen LogP contribution in [0.5, 0.6) is 11.5 Å². The Kier molecular flexibility index (Phi) is 4.47. The molecule has 1 aliphatic rings. The lowest BCUT2D eigenvalue weighted by atomic mass is 9.96. The zero-order valence-corrected chi connectivity index (χ0v) is 13.8. The van der Waals surface area contributed by atoms with Gasteiger partial charge in [0.2, 0.25) is 4.80 Å². The van der Waals surface area contributed by atoms with Gasteiger partial charge in [-0.3, -0.25) is 4.99 Å². The van der Waals surface area contributed by atoms with Gasteiger partial charge in [-0.05, 0) is 31.0 Å². The van der Waals surface area contributed by atoms with Gasteiger partial charge in [0.1, 0.15) is 5.01 Å². The number of hydrogen-bond acceptors (Lipinski definition) is 5. The second-order valence-electron chi connectivity index (χ2n) is 5.62. The van der Waals surface area contributed by atoms with Crippen molar-refractivity contribution >= 4 is 11.3 Å². The highest BCUT2D eigenvalue weighted by Crippen LogP contribution is 2.31. The highest BCUT2D eigenvalue weighted by molar-refractivity contribution is 7.12. The Morgan fingerprint density at radius 2 is 2.09 bits per heavy atom. The van der Waals surface area contributed by atoms with Crippen LogP contribution >= 0.6 is 11.3 Å². The maximum Gasteiger partial charge on any atom is 0.203 e. The Morgan fingerprint density at radius 1 is 1.32 bits per heavy atom. The van der Waals surface area contributed by atoms with Gasteiger partial charge in [-0.25, -0.2) is 4.68 Å². The summed E-state index contributed by atoms with van der Waals surface area (Å²) in [6.07, 6.45) is 6.23. The molecule has 0 spiro atoms. The van der Waals surface area contributed by atoms with E-state index >= 15 is 0 Å². The van der Waals surface area contributed by atoms with Gasteiger partial charge in [-0.1, -0.05) is 30.6 Å². The summed E-state index contributed by atoms with van der Waals surface area (Å²) < 4.78 is 6.90. The van der Waals surface area contributed by atoms with Crippen LogP contribution in [0, 0.1) is 0 Å². The van der Waals surface area contributed by atoms with Gasteiger partial charge < -0.3 is 9.84 Å². The zero-order valence-electron chi connectivity index (χ0n) is 13.0. The Hall–Kier alpha value is -1.82. The van der Waals surface area contributed by atoms with Crippen molar-refractivity contribution < 1.29 is 9.84 Å². The molecule has 0 unspecified atom stereocenters. The van der Waals surface area contributed by atoms with Crippen LogP contribution in [0.3, 0.4) is 0 Å². The standard InChI is InChI=1S/C16H21N3O2S/c1-19-16(17-12-6-4-3-5-7-12)22-15(18-19)11-8-9-14(21-2)13(20)10-11/h8-10,12,20H,3-7H2,1-2H3/b17-16+. The molecule has 1 aromatic heterocycles. The van der Waals surface area contributed by atoms with Gasteiger partial charge in [0.25, 0.3) is 0 Å². The third-order valence-corrected chi connectivity index (χ3v) is 5.06. The van der Waals surface area contributed by atoms with E-state index in [2.05, 4.69) is 5.10 Å². The molecule has 0 amide bonds. The maximum absolute atomic E-state index is 9.91. The minimum Gasteiger partial charge on any atom is -0.504 e. The monoisotopic (exact) mass is 319 g/mol.